The minimum atomic E-state index is -0.0638. The van der Waals surface area contributed by atoms with Gasteiger partial charge in [-0.25, -0.2) is 4.68 Å². The maximum Gasteiger partial charge on any atom is 0.266 e. The van der Waals surface area contributed by atoms with Crippen LogP contribution in [0.4, 0.5) is 0 Å². The first-order valence-corrected chi connectivity index (χ1v) is 7.44. The molecular weight excluding hydrogens is 262 g/mol. The van der Waals surface area contributed by atoms with Crippen molar-refractivity contribution in [2.24, 2.45) is 0 Å². The van der Waals surface area contributed by atoms with Gasteiger partial charge in [0.1, 0.15) is 0 Å². The fourth-order valence-electron chi connectivity index (χ4n) is 2.42. The Morgan fingerprint density at radius 3 is 2.81 bits per heavy atom. The van der Waals surface area contributed by atoms with Crippen LogP contribution in [0.15, 0.2) is 41.3 Å². The highest BCUT2D eigenvalue weighted by atomic mass is 16.1. The Bertz CT molecular complexity index is 648. The van der Waals surface area contributed by atoms with E-state index in [0.717, 1.165) is 13.0 Å². The Balaban J connectivity index is 2.32. The average Bonchev–Trinajstić information content (AvgIpc) is 2.48. The molecule has 2 rings (SSSR count). The molecule has 0 saturated heterocycles. The summed E-state index contributed by atoms with van der Waals surface area (Å²) in [6.45, 7) is 7.80. The lowest BCUT2D eigenvalue weighted by Crippen LogP contribution is -2.32. The van der Waals surface area contributed by atoms with E-state index in [1.165, 1.54) is 21.4 Å². The highest BCUT2D eigenvalue weighted by Gasteiger charge is 2.15. The number of benzene rings is 1. The first-order valence-electron chi connectivity index (χ1n) is 7.44. The lowest BCUT2D eigenvalue weighted by atomic mass is 9.98. The number of aryl methyl sites for hydroxylation is 2. The van der Waals surface area contributed by atoms with Gasteiger partial charge in [0.15, 0.2) is 0 Å². The molecule has 0 amide bonds. The molecule has 0 saturated carbocycles. The molecule has 0 aliphatic rings. The number of hydrogen-bond acceptors (Lipinski definition) is 3. The van der Waals surface area contributed by atoms with E-state index in [2.05, 4.69) is 49.4 Å². The summed E-state index contributed by atoms with van der Waals surface area (Å²) in [6.07, 6.45) is 2.71. The summed E-state index contributed by atoms with van der Waals surface area (Å²) in [7, 11) is 0. The van der Waals surface area contributed by atoms with E-state index in [1.54, 1.807) is 18.3 Å². The molecule has 0 radical (unpaired) electrons. The van der Waals surface area contributed by atoms with Crippen LogP contribution in [0.3, 0.4) is 0 Å². The van der Waals surface area contributed by atoms with Crippen molar-refractivity contribution in [2.75, 3.05) is 6.54 Å². The van der Waals surface area contributed by atoms with Gasteiger partial charge in [-0.15, -0.1) is 0 Å². The summed E-state index contributed by atoms with van der Waals surface area (Å²) in [4.78, 5) is 11.9. The van der Waals surface area contributed by atoms with Gasteiger partial charge < -0.3 is 5.32 Å². The number of rotatable bonds is 6. The second-order valence-electron chi connectivity index (χ2n) is 5.41. The van der Waals surface area contributed by atoms with Crippen molar-refractivity contribution in [3.63, 3.8) is 0 Å². The average molecular weight is 285 g/mol. The Kier molecular flexibility index (Phi) is 5.28. The minimum Gasteiger partial charge on any atom is -0.308 e. The quantitative estimate of drug-likeness (QED) is 0.887. The molecule has 21 heavy (non-hydrogen) atoms. The number of nitrogens with zero attached hydrogens (tertiary/aromatic N) is 2. The fraction of sp³-hybridized carbons (Fsp3) is 0.412. The normalized spacial score (nSPS) is 12.3. The zero-order valence-electron chi connectivity index (χ0n) is 13.0. The number of hydrogen-bond donors (Lipinski definition) is 1. The van der Waals surface area contributed by atoms with Crippen molar-refractivity contribution >= 4 is 0 Å². The molecule has 4 nitrogen and oxygen atoms in total. The van der Waals surface area contributed by atoms with Crippen LogP contribution in [0, 0.1) is 13.8 Å². The van der Waals surface area contributed by atoms with Crippen LogP contribution in [0.2, 0.25) is 0 Å². The third-order valence-electron chi connectivity index (χ3n) is 3.59. The smallest absolute Gasteiger partial charge is 0.266 e. The van der Waals surface area contributed by atoms with Crippen LogP contribution in [0.5, 0.6) is 0 Å². The Hall–Kier alpha value is -1.94. The van der Waals surface area contributed by atoms with Crippen molar-refractivity contribution < 1.29 is 0 Å². The Morgan fingerprint density at radius 1 is 1.29 bits per heavy atom. The van der Waals surface area contributed by atoms with E-state index in [4.69, 9.17) is 0 Å². The second-order valence-corrected chi connectivity index (χ2v) is 5.41. The maximum atomic E-state index is 11.9. The van der Waals surface area contributed by atoms with E-state index in [1.807, 2.05) is 0 Å². The van der Waals surface area contributed by atoms with Gasteiger partial charge in [0, 0.05) is 12.3 Å². The lowest BCUT2D eigenvalue weighted by Gasteiger charge is -2.21. The molecule has 2 aromatic rings. The van der Waals surface area contributed by atoms with Crippen molar-refractivity contribution in [1.82, 2.24) is 15.1 Å². The van der Waals surface area contributed by atoms with Crippen molar-refractivity contribution in [1.29, 1.82) is 0 Å². The predicted molar refractivity (Wildman–Crippen MR) is 85.4 cm³/mol. The standard InChI is InChI=1S/C17H23N3O/c1-4-9-18-16(12-20-17(21)6-5-10-19-20)15-11-13(2)7-8-14(15)3/h5-8,10-11,16,18H,4,9,12H2,1-3H3. The van der Waals surface area contributed by atoms with Gasteiger partial charge in [-0.05, 0) is 44.0 Å². The summed E-state index contributed by atoms with van der Waals surface area (Å²) in [6, 6.07) is 9.75. The highest BCUT2D eigenvalue weighted by molar-refractivity contribution is 5.33. The van der Waals surface area contributed by atoms with E-state index < -0.39 is 0 Å². The molecule has 1 atom stereocenters. The third kappa shape index (κ3) is 4.02. The Labute approximate surface area is 125 Å². The molecular formula is C17H23N3O. The summed E-state index contributed by atoms with van der Waals surface area (Å²) < 4.78 is 1.52. The second kappa shape index (κ2) is 7.18. The van der Waals surface area contributed by atoms with Gasteiger partial charge in [-0.2, -0.15) is 5.10 Å². The van der Waals surface area contributed by atoms with Gasteiger partial charge >= 0.3 is 0 Å². The molecule has 0 aliphatic heterocycles. The SMILES string of the molecule is CCCNC(Cn1ncccc1=O)c1cc(C)ccc1C. The summed E-state index contributed by atoms with van der Waals surface area (Å²) in [5, 5.41) is 7.70. The van der Waals surface area contributed by atoms with Crippen molar-refractivity contribution in [3.05, 3.63) is 63.6 Å². The molecule has 0 fully saturated rings. The molecule has 1 N–H and O–H groups in total. The molecule has 1 heterocycles. The van der Waals surface area contributed by atoms with Gasteiger partial charge in [0.2, 0.25) is 0 Å². The molecule has 4 heteroatoms. The fourth-order valence-corrected chi connectivity index (χ4v) is 2.42. The number of nitrogens with one attached hydrogen (secondary N) is 1. The summed E-state index contributed by atoms with van der Waals surface area (Å²) >= 11 is 0. The van der Waals surface area contributed by atoms with Crippen LogP contribution in [0.1, 0.15) is 36.1 Å². The zero-order valence-corrected chi connectivity index (χ0v) is 13.0. The highest BCUT2D eigenvalue weighted by Crippen LogP contribution is 2.20. The first-order chi connectivity index (χ1) is 10.1. The summed E-state index contributed by atoms with van der Waals surface area (Å²) in [5.74, 6) is 0. The van der Waals surface area contributed by atoms with Gasteiger partial charge in [-0.1, -0.05) is 30.7 Å². The van der Waals surface area contributed by atoms with Crippen molar-refractivity contribution in [2.45, 2.75) is 39.8 Å². The van der Waals surface area contributed by atoms with E-state index in [0.29, 0.717) is 6.54 Å². The van der Waals surface area contributed by atoms with Crippen LogP contribution >= 0.6 is 0 Å². The van der Waals surface area contributed by atoms with E-state index in [-0.39, 0.29) is 11.6 Å². The maximum absolute atomic E-state index is 11.9. The summed E-state index contributed by atoms with van der Waals surface area (Å²) in [5.41, 5.74) is 3.64. The van der Waals surface area contributed by atoms with E-state index >= 15 is 0 Å². The van der Waals surface area contributed by atoms with Gasteiger partial charge in [0.25, 0.3) is 5.56 Å². The molecule has 0 bridgehead atoms. The molecule has 1 aromatic heterocycles. The van der Waals surface area contributed by atoms with Crippen LogP contribution < -0.4 is 10.9 Å². The largest absolute Gasteiger partial charge is 0.308 e. The number of aromatic nitrogens is 2. The van der Waals surface area contributed by atoms with Gasteiger partial charge in [0.05, 0.1) is 12.6 Å². The monoisotopic (exact) mass is 285 g/mol. The molecule has 1 aromatic carbocycles. The van der Waals surface area contributed by atoms with E-state index in [9.17, 15) is 4.79 Å². The minimum absolute atomic E-state index is 0.0638. The third-order valence-corrected chi connectivity index (χ3v) is 3.59. The van der Waals surface area contributed by atoms with Crippen LogP contribution in [-0.4, -0.2) is 16.3 Å². The van der Waals surface area contributed by atoms with Crippen LogP contribution in [0.25, 0.3) is 0 Å². The van der Waals surface area contributed by atoms with Gasteiger partial charge in [-0.3, -0.25) is 4.79 Å². The van der Waals surface area contributed by atoms with Crippen LogP contribution in [-0.2, 0) is 6.54 Å². The lowest BCUT2D eigenvalue weighted by molar-refractivity contribution is 0.425. The van der Waals surface area contributed by atoms with Crippen molar-refractivity contribution in [3.8, 4) is 0 Å². The first kappa shape index (κ1) is 15.4. The topological polar surface area (TPSA) is 46.9 Å². The predicted octanol–water partition coefficient (Wildman–Crippen LogP) is 2.60. The molecule has 0 aliphatic carbocycles. The molecule has 0 spiro atoms. The molecule has 112 valence electrons. The zero-order chi connectivity index (χ0) is 15.2. The Morgan fingerprint density at radius 2 is 2.10 bits per heavy atom. The molecule has 1 unspecified atom stereocenters.